The zero-order valence-corrected chi connectivity index (χ0v) is 19.6. The molecule has 0 spiro atoms. The van der Waals surface area contributed by atoms with Crippen molar-refractivity contribution in [3.63, 3.8) is 0 Å². The maximum absolute atomic E-state index is 12.1. The van der Waals surface area contributed by atoms with Crippen molar-refractivity contribution in [2.75, 3.05) is 0 Å². The summed E-state index contributed by atoms with van der Waals surface area (Å²) in [7, 11) is 0. The van der Waals surface area contributed by atoms with Crippen LogP contribution in [0.15, 0.2) is 11.6 Å². The number of hydrogen-bond donors (Lipinski definition) is 1. The molecule has 164 valence electrons. The molecule has 1 N–H and O–H groups in total. The third-order valence-electron chi connectivity index (χ3n) is 10.2. The van der Waals surface area contributed by atoms with E-state index in [1.165, 1.54) is 44.1 Å². The third kappa shape index (κ3) is 3.56. The number of fused-ring (bicyclic) bond motifs is 5. The summed E-state index contributed by atoms with van der Waals surface area (Å²) in [5.41, 5.74) is 1.49. The van der Waals surface area contributed by atoms with Gasteiger partial charge in [0.1, 0.15) is 5.78 Å². The number of carbonyl (C=O) groups is 1. The number of rotatable bonds is 5. The summed E-state index contributed by atoms with van der Waals surface area (Å²) in [5, 5.41) is 11.5. The molecule has 4 aliphatic carbocycles. The van der Waals surface area contributed by atoms with Crippen molar-refractivity contribution in [3.8, 4) is 0 Å². The number of aliphatic hydroxyl groups is 1. The second kappa shape index (κ2) is 7.50. The van der Waals surface area contributed by atoms with Crippen LogP contribution in [0.2, 0.25) is 0 Å². The molecule has 2 nitrogen and oxygen atoms in total. The van der Waals surface area contributed by atoms with Gasteiger partial charge in [-0.2, -0.15) is 0 Å². The van der Waals surface area contributed by atoms with Crippen molar-refractivity contribution in [2.45, 2.75) is 111 Å². The third-order valence-corrected chi connectivity index (χ3v) is 10.2. The smallest absolute Gasteiger partial charge is 0.136 e. The molecule has 3 saturated carbocycles. The second-order valence-electron chi connectivity index (χ2n) is 12.3. The summed E-state index contributed by atoms with van der Waals surface area (Å²) < 4.78 is 0. The fraction of sp³-hybridized carbons (Fsp3) is 0.889. The molecule has 2 heteroatoms. The molecular weight excluding hydrogens is 356 g/mol. The van der Waals surface area contributed by atoms with Gasteiger partial charge in [-0.15, -0.1) is 0 Å². The van der Waals surface area contributed by atoms with Gasteiger partial charge in [0, 0.05) is 12.8 Å². The van der Waals surface area contributed by atoms with Gasteiger partial charge in [-0.05, 0) is 92.3 Å². The van der Waals surface area contributed by atoms with Gasteiger partial charge in [-0.1, -0.05) is 52.2 Å². The van der Waals surface area contributed by atoms with Gasteiger partial charge in [-0.25, -0.2) is 0 Å². The normalized spacial score (nSPS) is 44.0. The maximum atomic E-state index is 12.1. The summed E-state index contributed by atoms with van der Waals surface area (Å²) in [5.74, 6) is 3.87. The first-order valence-electron chi connectivity index (χ1n) is 12.5. The highest BCUT2D eigenvalue weighted by molar-refractivity contribution is 5.82. The van der Waals surface area contributed by atoms with Crippen LogP contribution in [-0.2, 0) is 4.79 Å². The number of hydrogen-bond acceptors (Lipinski definition) is 2. The average molecular weight is 401 g/mol. The van der Waals surface area contributed by atoms with Crippen molar-refractivity contribution >= 4 is 5.78 Å². The Morgan fingerprint density at radius 2 is 1.93 bits per heavy atom. The topological polar surface area (TPSA) is 37.3 Å². The SMILES string of the molecule is CC(C)CCC[C@](C)(O)C1CCC2C3CC=C4CC(=O)CC[C@]4(C)C3CC[C@@]21C. The van der Waals surface area contributed by atoms with Gasteiger partial charge in [0.2, 0.25) is 0 Å². The van der Waals surface area contributed by atoms with Crippen molar-refractivity contribution in [3.05, 3.63) is 11.6 Å². The fourth-order valence-electron chi connectivity index (χ4n) is 8.54. The first-order valence-corrected chi connectivity index (χ1v) is 12.5. The van der Waals surface area contributed by atoms with Crippen LogP contribution in [0.3, 0.4) is 0 Å². The largest absolute Gasteiger partial charge is 0.390 e. The molecule has 0 aromatic rings. The van der Waals surface area contributed by atoms with E-state index in [4.69, 9.17) is 0 Å². The summed E-state index contributed by atoms with van der Waals surface area (Å²) in [4.78, 5) is 12.1. The average Bonchev–Trinajstić information content (AvgIpc) is 3.00. The van der Waals surface area contributed by atoms with Gasteiger partial charge in [0.15, 0.2) is 0 Å². The predicted octanol–water partition coefficient (Wildman–Crippen LogP) is 6.71. The molecule has 7 atom stereocenters. The Kier molecular flexibility index (Phi) is 5.59. The van der Waals surface area contributed by atoms with Gasteiger partial charge in [-0.3, -0.25) is 4.79 Å². The Balaban J connectivity index is 1.53. The van der Waals surface area contributed by atoms with E-state index in [9.17, 15) is 9.90 Å². The summed E-state index contributed by atoms with van der Waals surface area (Å²) in [6.07, 6.45) is 14.6. The molecule has 0 radical (unpaired) electrons. The Morgan fingerprint density at radius 1 is 1.17 bits per heavy atom. The van der Waals surface area contributed by atoms with Crippen molar-refractivity contribution in [1.82, 2.24) is 0 Å². The monoisotopic (exact) mass is 400 g/mol. The maximum Gasteiger partial charge on any atom is 0.136 e. The summed E-state index contributed by atoms with van der Waals surface area (Å²) in [6, 6.07) is 0. The molecule has 4 aliphatic rings. The first-order chi connectivity index (χ1) is 13.6. The van der Waals surface area contributed by atoms with E-state index in [1.54, 1.807) is 0 Å². The Morgan fingerprint density at radius 3 is 2.66 bits per heavy atom. The Labute approximate surface area is 178 Å². The van der Waals surface area contributed by atoms with E-state index in [0.29, 0.717) is 11.7 Å². The summed E-state index contributed by atoms with van der Waals surface area (Å²) >= 11 is 0. The molecule has 4 unspecified atom stereocenters. The molecule has 3 fully saturated rings. The molecule has 29 heavy (non-hydrogen) atoms. The number of carbonyl (C=O) groups excluding carboxylic acids is 1. The minimum atomic E-state index is -0.526. The first kappa shape index (κ1) is 21.6. The lowest BCUT2D eigenvalue weighted by molar-refractivity contribution is -0.124. The molecule has 0 amide bonds. The number of Topliss-reactive ketones (excluding diaryl/α,β-unsaturated/α-hetero) is 1. The molecule has 0 aromatic carbocycles. The van der Waals surface area contributed by atoms with Crippen molar-refractivity contribution in [2.24, 2.45) is 40.4 Å². The molecule has 0 heterocycles. The fourth-order valence-corrected chi connectivity index (χ4v) is 8.54. The van der Waals surface area contributed by atoms with Gasteiger partial charge in [0.25, 0.3) is 0 Å². The molecule has 0 aliphatic heterocycles. The van der Waals surface area contributed by atoms with Gasteiger partial charge in [0.05, 0.1) is 5.60 Å². The highest BCUT2D eigenvalue weighted by Crippen LogP contribution is 2.67. The highest BCUT2D eigenvalue weighted by atomic mass is 16.3. The minimum Gasteiger partial charge on any atom is -0.390 e. The van der Waals surface area contributed by atoms with Crippen LogP contribution >= 0.6 is 0 Å². The van der Waals surface area contributed by atoms with Gasteiger partial charge >= 0.3 is 0 Å². The van der Waals surface area contributed by atoms with E-state index in [0.717, 1.165) is 55.8 Å². The van der Waals surface area contributed by atoms with Crippen LogP contribution in [0, 0.1) is 40.4 Å². The van der Waals surface area contributed by atoms with Gasteiger partial charge < -0.3 is 5.11 Å². The number of allylic oxidation sites excluding steroid dienone is 2. The molecule has 0 bridgehead atoms. The van der Waals surface area contributed by atoms with Crippen LogP contribution in [-0.4, -0.2) is 16.5 Å². The van der Waals surface area contributed by atoms with Crippen LogP contribution in [0.4, 0.5) is 0 Å². The number of ketones is 1. The lowest BCUT2D eigenvalue weighted by atomic mass is 9.47. The zero-order valence-electron chi connectivity index (χ0n) is 19.6. The summed E-state index contributed by atoms with van der Waals surface area (Å²) in [6.45, 7) is 11.7. The van der Waals surface area contributed by atoms with Crippen LogP contribution < -0.4 is 0 Å². The zero-order chi connectivity index (χ0) is 21.0. The molecule has 0 aromatic heterocycles. The second-order valence-corrected chi connectivity index (χ2v) is 12.3. The van der Waals surface area contributed by atoms with Crippen LogP contribution in [0.1, 0.15) is 105 Å². The van der Waals surface area contributed by atoms with E-state index in [1.807, 2.05) is 0 Å². The molecular formula is C27H44O2. The highest BCUT2D eigenvalue weighted by Gasteiger charge is 2.61. The molecule has 0 saturated heterocycles. The molecule has 4 rings (SSSR count). The van der Waals surface area contributed by atoms with E-state index in [-0.39, 0.29) is 10.8 Å². The Hall–Kier alpha value is -0.630. The van der Waals surface area contributed by atoms with E-state index < -0.39 is 5.60 Å². The predicted molar refractivity (Wildman–Crippen MR) is 120 cm³/mol. The quantitative estimate of drug-likeness (QED) is 0.521. The van der Waals surface area contributed by atoms with Crippen molar-refractivity contribution < 1.29 is 9.90 Å². The van der Waals surface area contributed by atoms with E-state index in [2.05, 4.69) is 40.7 Å². The Bertz CT molecular complexity index is 674. The minimum absolute atomic E-state index is 0.260. The van der Waals surface area contributed by atoms with E-state index >= 15 is 0 Å². The lowest BCUT2D eigenvalue weighted by Crippen LogP contribution is -2.52. The van der Waals surface area contributed by atoms with Crippen LogP contribution in [0.25, 0.3) is 0 Å². The van der Waals surface area contributed by atoms with Crippen molar-refractivity contribution in [1.29, 1.82) is 0 Å². The standard InChI is InChI=1S/C27H44O2/c1-18(2)7-6-14-27(5,29)24-11-10-22-21-9-8-19-17-20(28)12-15-25(19,3)23(21)13-16-26(22,24)4/h8,18,21-24,29H,6-7,9-17H2,1-5H3/t21?,22?,23?,24?,25-,26-,27-/m0/s1. The lowest BCUT2D eigenvalue weighted by Gasteiger charge is -2.58. The van der Waals surface area contributed by atoms with Crippen LogP contribution in [0.5, 0.6) is 0 Å².